The number of piperazine rings is 1. The fourth-order valence-electron chi connectivity index (χ4n) is 3.10. The summed E-state index contributed by atoms with van der Waals surface area (Å²) in [6.07, 6.45) is 0.445. The molecule has 1 fully saturated rings. The first kappa shape index (κ1) is 22.7. The molecular formula is C20H21ClN4O5S. The molecule has 11 heteroatoms. The number of hydrogen-bond acceptors (Lipinski definition) is 5. The lowest BCUT2D eigenvalue weighted by molar-refractivity contribution is -0.156. The molecule has 1 saturated heterocycles. The van der Waals surface area contributed by atoms with Gasteiger partial charge >= 0.3 is 11.8 Å². The van der Waals surface area contributed by atoms with Crippen LogP contribution in [0.4, 0.5) is 5.69 Å². The molecule has 164 valence electrons. The van der Waals surface area contributed by atoms with Crippen LogP contribution in [0.5, 0.6) is 0 Å². The number of amides is 3. The Balaban J connectivity index is 1.51. The average molecular weight is 465 g/mol. The maximum Gasteiger partial charge on any atom is 0.312 e. The molecule has 1 aliphatic rings. The third-order valence-corrected chi connectivity index (χ3v) is 5.96. The molecule has 0 aliphatic carbocycles. The molecule has 0 aromatic heterocycles. The number of anilines is 1. The lowest BCUT2D eigenvalue weighted by Gasteiger charge is -2.33. The quantitative estimate of drug-likeness (QED) is 0.586. The van der Waals surface area contributed by atoms with E-state index in [-0.39, 0.29) is 18.0 Å². The van der Waals surface area contributed by atoms with Crippen LogP contribution < -0.4 is 10.5 Å². The van der Waals surface area contributed by atoms with Crippen LogP contribution in [0.15, 0.2) is 53.4 Å². The van der Waals surface area contributed by atoms with E-state index in [1.807, 2.05) is 0 Å². The van der Waals surface area contributed by atoms with Crippen molar-refractivity contribution in [3.63, 3.8) is 0 Å². The lowest BCUT2D eigenvalue weighted by atomic mass is 10.1. The second kappa shape index (κ2) is 9.46. The van der Waals surface area contributed by atoms with Gasteiger partial charge in [-0.25, -0.2) is 13.6 Å². The number of sulfonamides is 1. The molecule has 0 unspecified atom stereocenters. The van der Waals surface area contributed by atoms with Crippen molar-refractivity contribution >= 4 is 45.0 Å². The van der Waals surface area contributed by atoms with Crippen molar-refractivity contribution in [2.75, 3.05) is 31.5 Å². The zero-order chi connectivity index (χ0) is 22.6. The van der Waals surface area contributed by atoms with Crippen molar-refractivity contribution in [1.82, 2.24) is 9.80 Å². The highest BCUT2D eigenvalue weighted by Gasteiger charge is 2.33. The fraction of sp³-hybridized carbons (Fsp3) is 0.250. The van der Waals surface area contributed by atoms with Crippen molar-refractivity contribution in [3.05, 3.63) is 59.1 Å². The number of nitrogens with two attached hydrogens (primary N) is 1. The van der Waals surface area contributed by atoms with E-state index in [4.69, 9.17) is 16.7 Å². The van der Waals surface area contributed by atoms with Crippen LogP contribution in [-0.4, -0.2) is 62.1 Å². The Morgan fingerprint density at radius 3 is 2.16 bits per heavy atom. The third-order valence-electron chi connectivity index (χ3n) is 4.78. The number of hydrogen-bond donors (Lipinski definition) is 2. The number of carbonyl (C=O) groups excluding carboxylic acids is 3. The minimum atomic E-state index is -3.76. The van der Waals surface area contributed by atoms with Gasteiger partial charge < -0.3 is 15.1 Å². The summed E-state index contributed by atoms with van der Waals surface area (Å²) in [4.78, 5) is 39.6. The topological polar surface area (TPSA) is 130 Å². The molecule has 3 N–H and O–H groups in total. The average Bonchev–Trinajstić information content (AvgIpc) is 2.72. The predicted octanol–water partition coefficient (Wildman–Crippen LogP) is 0.839. The Morgan fingerprint density at radius 2 is 1.55 bits per heavy atom. The standard InChI is InChI=1S/C20H21ClN4O5S/c21-15-3-5-16(6-4-15)23-18(26)13-25-12-11-24(19(27)20(25)28)10-9-14-1-7-17(8-2-14)31(22,29)30/h1-8H,9-13H2,(H,23,26)(H2,22,29,30). The Kier molecular flexibility index (Phi) is 6.94. The highest BCUT2D eigenvalue weighted by Crippen LogP contribution is 2.14. The van der Waals surface area contributed by atoms with Crippen LogP contribution in [0.3, 0.4) is 0 Å². The summed E-state index contributed by atoms with van der Waals surface area (Å²) in [6, 6.07) is 12.6. The Bertz CT molecular complexity index is 1090. The summed E-state index contributed by atoms with van der Waals surface area (Å²) >= 11 is 5.81. The molecule has 3 amide bonds. The first-order valence-electron chi connectivity index (χ1n) is 9.39. The van der Waals surface area contributed by atoms with Crippen LogP contribution in [0.1, 0.15) is 5.56 Å². The second-order valence-corrected chi connectivity index (χ2v) is 9.01. The number of halogens is 1. The first-order valence-corrected chi connectivity index (χ1v) is 11.3. The molecular weight excluding hydrogens is 444 g/mol. The van der Waals surface area contributed by atoms with Gasteiger partial charge in [0.1, 0.15) is 6.54 Å². The zero-order valence-corrected chi connectivity index (χ0v) is 18.0. The maximum atomic E-state index is 12.4. The minimum absolute atomic E-state index is 0.00740. The highest BCUT2D eigenvalue weighted by molar-refractivity contribution is 7.89. The molecule has 0 saturated carbocycles. The largest absolute Gasteiger partial charge is 0.332 e. The number of rotatable bonds is 7. The van der Waals surface area contributed by atoms with Gasteiger partial charge in [0, 0.05) is 30.3 Å². The van der Waals surface area contributed by atoms with E-state index in [9.17, 15) is 22.8 Å². The maximum absolute atomic E-state index is 12.4. The van der Waals surface area contributed by atoms with Crippen LogP contribution >= 0.6 is 11.6 Å². The molecule has 0 atom stereocenters. The van der Waals surface area contributed by atoms with Crippen LogP contribution in [0, 0.1) is 0 Å². The molecule has 2 aromatic rings. The van der Waals surface area contributed by atoms with Gasteiger partial charge in [-0.3, -0.25) is 14.4 Å². The van der Waals surface area contributed by atoms with Gasteiger partial charge in [-0.05, 0) is 48.4 Å². The highest BCUT2D eigenvalue weighted by atomic mass is 35.5. The zero-order valence-electron chi connectivity index (χ0n) is 16.5. The second-order valence-electron chi connectivity index (χ2n) is 7.01. The molecule has 1 heterocycles. The first-order chi connectivity index (χ1) is 14.6. The summed E-state index contributed by atoms with van der Waals surface area (Å²) in [7, 11) is -3.76. The number of nitrogens with zero attached hydrogens (tertiary/aromatic N) is 2. The van der Waals surface area contributed by atoms with E-state index in [1.54, 1.807) is 36.4 Å². The van der Waals surface area contributed by atoms with Gasteiger partial charge in [-0.2, -0.15) is 0 Å². The predicted molar refractivity (Wildman–Crippen MR) is 115 cm³/mol. The molecule has 2 aromatic carbocycles. The Labute approximate surface area is 184 Å². The van der Waals surface area contributed by atoms with Gasteiger partial charge in [0.15, 0.2) is 0 Å². The number of benzene rings is 2. The van der Waals surface area contributed by atoms with Crippen molar-refractivity contribution in [2.45, 2.75) is 11.3 Å². The molecule has 0 radical (unpaired) electrons. The van der Waals surface area contributed by atoms with E-state index in [2.05, 4.69) is 5.32 Å². The van der Waals surface area contributed by atoms with Gasteiger partial charge in [0.25, 0.3) is 0 Å². The SMILES string of the molecule is NS(=O)(=O)c1ccc(CCN2CCN(CC(=O)Nc3ccc(Cl)cc3)C(=O)C2=O)cc1. The van der Waals surface area contributed by atoms with Crippen molar-refractivity contribution in [3.8, 4) is 0 Å². The van der Waals surface area contributed by atoms with Gasteiger partial charge in [0.2, 0.25) is 15.9 Å². The summed E-state index contributed by atoms with van der Waals surface area (Å²) in [6.45, 7) is 0.608. The van der Waals surface area contributed by atoms with E-state index in [0.717, 1.165) is 5.56 Å². The molecule has 9 nitrogen and oxygen atoms in total. The Morgan fingerprint density at radius 1 is 0.968 bits per heavy atom. The van der Waals surface area contributed by atoms with E-state index in [1.165, 1.54) is 21.9 Å². The lowest BCUT2D eigenvalue weighted by Crippen LogP contribution is -2.56. The fourth-order valence-corrected chi connectivity index (χ4v) is 3.74. The summed E-state index contributed by atoms with van der Waals surface area (Å²) in [5.41, 5.74) is 1.35. The summed E-state index contributed by atoms with van der Waals surface area (Å²) < 4.78 is 22.6. The van der Waals surface area contributed by atoms with Gasteiger partial charge in [0.05, 0.1) is 4.90 Å². The number of nitrogens with one attached hydrogen (secondary N) is 1. The number of carbonyl (C=O) groups is 3. The molecule has 31 heavy (non-hydrogen) atoms. The molecule has 0 bridgehead atoms. The van der Waals surface area contributed by atoms with Gasteiger partial charge in [-0.15, -0.1) is 0 Å². The molecule has 3 rings (SSSR count). The van der Waals surface area contributed by atoms with E-state index in [0.29, 0.717) is 30.2 Å². The van der Waals surface area contributed by atoms with Crippen LogP contribution in [-0.2, 0) is 30.8 Å². The van der Waals surface area contributed by atoms with E-state index < -0.39 is 27.7 Å². The van der Waals surface area contributed by atoms with Crippen LogP contribution in [0.25, 0.3) is 0 Å². The van der Waals surface area contributed by atoms with Gasteiger partial charge in [-0.1, -0.05) is 23.7 Å². The minimum Gasteiger partial charge on any atom is -0.332 e. The van der Waals surface area contributed by atoms with Crippen LogP contribution in [0.2, 0.25) is 5.02 Å². The molecule has 0 spiro atoms. The monoisotopic (exact) mass is 464 g/mol. The Hall–Kier alpha value is -2.95. The van der Waals surface area contributed by atoms with Crippen molar-refractivity contribution < 1.29 is 22.8 Å². The number of primary sulfonamides is 1. The summed E-state index contributed by atoms with van der Waals surface area (Å²) in [5, 5.41) is 8.27. The summed E-state index contributed by atoms with van der Waals surface area (Å²) in [5.74, 6) is -1.82. The third kappa shape index (κ3) is 6.03. The van der Waals surface area contributed by atoms with Crippen molar-refractivity contribution in [2.24, 2.45) is 5.14 Å². The van der Waals surface area contributed by atoms with Crippen molar-refractivity contribution in [1.29, 1.82) is 0 Å². The normalized spacial score (nSPS) is 14.6. The molecule has 1 aliphatic heterocycles. The van der Waals surface area contributed by atoms with E-state index >= 15 is 0 Å². The smallest absolute Gasteiger partial charge is 0.312 e.